The summed E-state index contributed by atoms with van der Waals surface area (Å²) >= 11 is 0. The molecule has 0 radical (unpaired) electrons. The third-order valence-electron chi connectivity index (χ3n) is 3.60. The van der Waals surface area contributed by atoms with Gasteiger partial charge in [0.2, 0.25) is 0 Å². The maximum absolute atomic E-state index is 12.1. The van der Waals surface area contributed by atoms with Crippen molar-refractivity contribution in [2.24, 2.45) is 0 Å². The highest BCUT2D eigenvalue weighted by Gasteiger charge is 2.04. The van der Waals surface area contributed by atoms with Gasteiger partial charge >= 0.3 is 0 Å². The monoisotopic (exact) mass is 325 g/mol. The molecule has 0 unspecified atom stereocenters. The highest BCUT2D eigenvalue weighted by Crippen LogP contribution is 2.14. The zero-order valence-electron chi connectivity index (χ0n) is 13.9. The highest BCUT2D eigenvalue weighted by molar-refractivity contribution is 5.94. The number of unbranched alkanes of at least 4 members (excludes halogenated alkanes) is 1. The number of aliphatic hydroxyl groups is 1. The van der Waals surface area contributed by atoms with E-state index < -0.39 is 0 Å². The van der Waals surface area contributed by atoms with E-state index in [1.54, 1.807) is 13.2 Å². The van der Waals surface area contributed by atoms with Crippen molar-refractivity contribution in [3.8, 4) is 5.75 Å². The van der Waals surface area contributed by atoms with Gasteiger partial charge in [0.25, 0.3) is 5.91 Å². The maximum Gasteiger partial charge on any atom is 0.251 e. The number of hydrogen-bond donors (Lipinski definition) is 2. The Kier molecular flexibility index (Phi) is 7.05. The van der Waals surface area contributed by atoms with Gasteiger partial charge in [0.05, 0.1) is 7.11 Å². The number of ether oxygens (including phenoxy) is 1. The van der Waals surface area contributed by atoms with E-state index in [1.165, 1.54) is 0 Å². The molecule has 1 amide bonds. The van der Waals surface area contributed by atoms with Crippen LogP contribution < -0.4 is 10.1 Å². The molecule has 0 spiro atoms. The summed E-state index contributed by atoms with van der Waals surface area (Å²) in [4.78, 5) is 12.1. The number of hydrogen-bond acceptors (Lipinski definition) is 3. The van der Waals surface area contributed by atoms with Gasteiger partial charge in [-0.15, -0.1) is 0 Å². The lowest BCUT2D eigenvalue weighted by molar-refractivity contribution is 0.0952. The number of carbonyl (C=O) groups is 1. The van der Waals surface area contributed by atoms with Crippen molar-refractivity contribution >= 4 is 18.1 Å². The zero-order chi connectivity index (χ0) is 17.2. The Morgan fingerprint density at radius 1 is 1.08 bits per heavy atom. The van der Waals surface area contributed by atoms with Crippen molar-refractivity contribution in [3.63, 3.8) is 0 Å². The fraction of sp³-hybridized carbons (Fsp3) is 0.250. The van der Waals surface area contributed by atoms with Gasteiger partial charge in [-0.05, 0) is 48.2 Å². The smallest absolute Gasteiger partial charge is 0.251 e. The molecule has 4 heteroatoms. The summed E-state index contributed by atoms with van der Waals surface area (Å²) in [7, 11) is 1.64. The van der Waals surface area contributed by atoms with Crippen molar-refractivity contribution < 1.29 is 14.6 Å². The van der Waals surface area contributed by atoms with E-state index in [2.05, 4.69) is 5.32 Å². The third kappa shape index (κ3) is 5.56. The van der Waals surface area contributed by atoms with Gasteiger partial charge in [-0.25, -0.2) is 0 Å². The normalized spacial score (nSPS) is 10.8. The van der Waals surface area contributed by atoms with Gasteiger partial charge in [0.1, 0.15) is 5.75 Å². The number of amides is 1. The fourth-order valence-electron chi connectivity index (χ4n) is 2.23. The molecule has 2 rings (SSSR count). The van der Waals surface area contributed by atoms with E-state index in [9.17, 15) is 4.79 Å². The van der Waals surface area contributed by atoms with Gasteiger partial charge < -0.3 is 15.2 Å². The molecule has 0 aromatic heterocycles. The molecule has 24 heavy (non-hydrogen) atoms. The Morgan fingerprint density at radius 2 is 1.83 bits per heavy atom. The largest absolute Gasteiger partial charge is 0.497 e. The van der Waals surface area contributed by atoms with E-state index in [4.69, 9.17) is 9.84 Å². The van der Waals surface area contributed by atoms with Gasteiger partial charge in [0.15, 0.2) is 0 Å². The molecular formula is C20H23NO3. The summed E-state index contributed by atoms with van der Waals surface area (Å²) in [5.41, 5.74) is 2.67. The molecule has 126 valence electrons. The first kappa shape index (κ1) is 17.8. The summed E-state index contributed by atoms with van der Waals surface area (Å²) in [6.07, 6.45) is 5.45. The van der Waals surface area contributed by atoms with E-state index >= 15 is 0 Å². The molecule has 0 aliphatic carbocycles. The van der Waals surface area contributed by atoms with Crippen LogP contribution in [0.5, 0.6) is 5.75 Å². The second kappa shape index (κ2) is 9.53. The van der Waals surface area contributed by atoms with Gasteiger partial charge in [0, 0.05) is 18.7 Å². The van der Waals surface area contributed by atoms with Crippen LogP contribution in [-0.2, 0) is 0 Å². The minimum absolute atomic E-state index is 0.0902. The standard InChI is InChI=1S/C20H23NO3/c1-24-19-11-9-16(10-12-19)7-8-17-5-4-6-18(15-17)20(23)21-13-2-3-14-22/h4-12,15,22H,2-3,13-14H2,1H3,(H,21,23). The molecule has 0 bridgehead atoms. The van der Waals surface area contributed by atoms with Crippen molar-refractivity contribution in [2.75, 3.05) is 20.3 Å². The molecule has 2 aromatic carbocycles. The summed E-state index contributed by atoms with van der Waals surface area (Å²) in [5, 5.41) is 11.6. The molecule has 0 heterocycles. The Bertz CT molecular complexity index is 678. The van der Waals surface area contributed by atoms with E-state index in [-0.39, 0.29) is 12.5 Å². The second-order valence-electron chi connectivity index (χ2n) is 5.42. The molecule has 0 aliphatic rings. The zero-order valence-corrected chi connectivity index (χ0v) is 13.9. The molecular weight excluding hydrogens is 302 g/mol. The highest BCUT2D eigenvalue weighted by atomic mass is 16.5. The van der Waals surface area contributed by atoms with Crippen LogP contribution in [0.15, 0.2) is 48.5 Å². The van der Waals surface area contributed by atoms with Crippen LogP contribution in [-0.4, -0.2) is 31.3 Å². The number of carbonyl (C=O) groups excluding carboxylic acids is 1. The van der Waals surface area contributed by atoms with Crippen LogP contribution >= 0.6 is 0 Å². The van der Waals surface area contributed by atoms with Gasteiger partial charge in [-0.1, -0.05) is 36.4 Å². The van der Waals surface area contributed by atoms with Crippen molar-refractivity contribution in [2.45, 2.75) is 12.8 Å². The molecule has 4 nitrogen and oxygen atoms in total. The van der Waals surface area contributed by atoms with Crippen LogP contribution in [0, 0.1) is 0 Å². The number of nitrogens with one attached hydrogen (secondary N) is 1. The number of rotatable bonds is 8. The summed E-state index contributed by atoms with van der Waals surface area (Å²) in [6.45, 7) is 0.729. The minimum Gasteiger partial charge on any atom is -0.497 e. The second-order valence-corrected chi connectivity index (χ2v) is 5.42. The number of benzene rings is 2. The first-order valence-corrected chi connectivity index (χ1v) is 8.04. The van der Waals surface area contributed by atoms with Crippen molar-refractivity contribution in [1.29, 1.82) is 0 Å². The lowest BCUT2D eigenvalue weighted by Crippen LogP contribution is -2.24. The predicted molar refractivity (Wildman–Crippen MR) is 97.0 cm³/mol. The summed E-state index contributed by atoms with van der Waals surface area (Å²) < 4.78 is 5.14. The van der Waals surface area contributed by atoms with E-state index in [1.807, 2.05) is 54.6 Å². The van der Waals surface area contributed by atoms with Crippen LogP contribution in [0.3, 0.4) is 0 Å². The van der Waals surface area contributed by atoms with Crippen LogP contribution in [0.4, 0.5) is 0 Å². The van der Waals surface area contributed by atoms with Gasteiger partial charge in [-0.2, -0.15) is 0 Å². The van der Waals surface area contributed by atoms with Crippen molar-refractivity contribution in [1.82, 2.24) is 5.32 Å². The molecule has 0 aliphatic heterocycles. The Labute approximate surface area is 142 Å². The van der Waals surface area contributed by atoms with E-state index in [0.717, 1.165) is 23.3 Å². The summed E-state index contributed by atoms with van der Waals surface area (Å²) in [5.74, 6) is 0.736. The Balaban J connectivity index is 1.98. The topological polar surface area (TPSA) is 58.6 Å². The van der Waals surface area contributed by atoms with Gasteiger partial charge in [-0.3, -0.25) is 4.79 Å². The third-order valence-corrected chi connectivity index (χ3v) is 3.60. The predicted octanol–water partition coefficient (Wildman–Crippen LogP) is 3.37. The van der Waals surface area contributed by atoms with Crippen LogP contribution in [0.2, 0.25) is 0 Å². The number of methoxy groups -OCH3 is 1. The lowest BCUT2D eigenvalue weighted by atomic mass is 10.1. The van der Waals surface area contributed by atoms with Crippen molar-refractivity contribution in [3.05, 3.63) is 65.2 Å². The Morgan fingerprint density at radius 3 is 2.54 bits per heavy atom. The Hall–Kier alpha value is -2.59. The average molecular weight is 325 g/mol. The van der Waals surface area contributed by atoms with Crippen LogP contribution in [0.1, 0.15) is 34.3 Å². The van der Waals surface area contributed by atoms with E-state index in [0.29, 0.717) is 18.5 Å². The van der Waals surface area contributed by atoms with Crippen LogP contribution in [0.25, 0.3) is 12.2 Å². The molecule has 0 atom stereocenters. The summed E-state index contributed by atoms with van der Waals surface area (Å²) in [6, 6.07) is 15.3. The molecule has 0 saturated heterocycles. The molecule has 0 saturated carbocycles. The first-order chi connectivity index (χ1) is 11.7. The number of aliphatic hydroxyl groups excluding tert-OH is 1. The minimum atomic E-state index is -0.0902. The SMILES string of the molecule is COc1ccc(C=Cc2cccc(C(=O)NCCCCO)c2)cc1. The molecule has 2 N–H and O–H groups in total. The fourth-order valence-corrected chi connectivity index (χ4v) is 2.23. The first-order valence-electron chi connectivity index (χ1n) is 8.04. The quantitative estimate of drug-likeness (QED) is 0.578. The lowest BCUT2D eigenvalue weighted by Gasteiger charge is -2.05. The molecule has 2 aromatic rings. The maximum atomic E-state index is 12.1. The average Bonchev–Trinajstić information content (AvgIpc) is 2.64. The molecule has 0 fully saturated rings.